The first-order valence-corrected chi connectivity index (χ1v) is 9.25. The van der Waals surface area contributed by atoms with Gasteiger partial charge >= 0.3 is 5.97 Å². The lowest BCUT2D eigenvalue weighted by Gasteiger charge is -2.16. The molecule has 2 aromatic rings. The fourth-order valence-corrected chi connectivity index (χ4v) is 2.71. The van der Waals surface area contributed by atoms with Gasteiger partial charge in [0.05, 0.1) is 7.11 Å². The predicted octanol–water partition coefficient (Wildman–Crippen LogP) is 2.41. The Morgan fingerprint density at radius 2 is 1.68 bits per heavy atom. The second kappa shape index (κ2) is 10.9. The number of rotatable bonds is 9. The Hall–Kier alpha value is -3.15. The van der Waals surface area contributed by atoms with E-state index in [2.05, 4.69) is 10.6 Å². The first kappa shape index (κ1) is 21.2. The van der Waals surface area contributed by atoms with Gasteiger partial charge in [-0.2, -0.15) is 0 Å². The van der Waals surface area contributed by atoms with E-state index in [9.17, 15) is 14.4 Å². The predicted molar refractivity (Wildman–Crippen MR) is 107 cm³/mol. The molecule has 0 aliphatic heterocycles. The molecule has 0 heterocycles. The van der Waals surface area contributed by atoms with Crippen molar-refractivity contribution < 1.29 is 19.1 Å². The molecule has 1 atom stereocenters. The Bertz CT molecular complexity index is 788. The average molecular weight is 382 g/mol. The molecule has 6 heteroatoms. The number of ether oxygens (including phenoxy) is 1. The van der Waals surface area contributed by atoms with Gasteiger partial charge in [0, 0.05) is 24.9 Å². The van der Waals surface area contributed by atoms with Crippen molar-refractivity contribution in [1.82, 2.24) is 10.6 Å². The lowest BCUT2D eigenvalue weighted by molar-refractivity contribution is -0.145. The van der Waals surface area contributed by atoms with Crippen LogP contribution in [0, 0.1) is 6.92 Å². The van der Waals surface area contributed by atoms with E-state index >= 15 is 0 Å². The van der Waals surface area contributed by atoms with Gasteiger partial charge in [-0.15, -0.1) is 0 Å². The maximum absolute atomic E-state index is 12.2. The van der Waals surface area contributed by atoms with E-state index in [0.717, 1.165) is 11.1 Å². The molecule has 0 saturated carbocycles. The molecule has 0 bridgehead atoms. The minimum atomic E-state index is -0.734. The molecule has 148 valence electrons. The maximum Gasteiger partial charge on any atom is 0.328 e. The number of methoxy groups -OCH3 is 1. The third-order valence-electron chi connectivity index (χ3n) is 4.28. The number of carbonyl (C=O) groups excluding carboxylic acids is 3. The number of nitrogens with one attached hydrogen (secondary N) is 2. The molecule has 6 nitrogen and oxygen atoms in total. The number of hydrogen-bond donors (Lipinski definition) is 2. The Balaban J connectivity index is 1.76. The van der Waals surface area contributed by atoms with Gasteiger partial charge in [-0.25, -0.2) is 4.79 Å². The molecule has 28 heavy (non-hydrogen) atoms. The molecule has 0 aromatic heterocycles. The van der Waals surface area contributed by atoms with Gasteiger partial charge in [-0.05, 0) is 31.0 Å². The van der Waals surface area contributed by atoms with Crippen molar-refractivity contribution in [2.24, 2.45) is 0 Å². The summed E-state index contributed by atoms with van der Waals surface area (Å²) in [5.74, 6) is -0.905. The number of carbonyl (C=O) groups is 3. The van der Waals surface area contributed by atoms with E-state index in [1.54, 1.807) is 12.1 Å². The molecule has 0 aliphatic rings. The summed E-state index contributed by atoms with van der Waals surface area (Å²) >= 11 is 0. The highest BCUT2D eigenvalue weighted by atomic mass is 16.5. The van der Waals surface area contributed by atoms with Crippen molar-refractivity contribution in [2.45, 2.75) is 32.2 Å². The van der Waals surface area contributed by atoms with Crippen LogP contribution in [0.4, 0.5) is 0 Å². The van der Waals surface area contributed by atoms with Crippen LogP contribution in [-0.2, 0) is 20.7 Å². The van der Waals surface area contributed by atoms with Gasteiger partial charge in [-0.1, -0.05) is 48.0 Å². The molecule has 0 radical (unpaired) electrons. The summed E-state index contributed by atoms with van der Waals surface area (Å²) in [6.45, 7) is 2.33. The highest BCUT2D eigenvalue weighted by Gasteiger charge is 2.21. The minimum absolute atomic E-state index is 0.170. The quantitative estimate of drug-likeness (QED) is 0.515. The second-order valence-electron chi connectivity index (χ2n) is 6.56. The van der Waals surface area contributed by atoms with E-state index in [4.69, 9.17) is 4.74 Å². The number of amides is 2. The Labute approximate surface area is 165 Å². The fraction of sp³-hybridized carbons (Fsp3) is 0.318. The number of esters is 1. The zero-order valence-corrected chi connectivity index (χ0v) is 16.2. The molecule has 0 saturated heterocycles. The molecular formula is C22H26N2O4. The third kappa shape index (κ3) is 6.87. The molecule has 2 aromatic carbocycles. The van der Waals surface area contributed by atoms with E-state index in [1.165, 1.54) is 7.11 Å². The lowest BCUT2D eigenvalue weighted by Crippen LogP contribution is -2.43. The number of aryl methyl sites for hydroxylation is 1. The smallest absolute Gasteiger partial charge is 0.328 e. The van der Waals surface area contributed by atoms with Crippen molar-refractivity contribution in [3.8, 4) is 0 Å². The summed E-state index contributed by atoms with van der Waals surface area (Å²) in [4.78, 5) is 36.2. The van der Waals surface area contributed by atoms with Gasteiger partial charge in [0.2, 0.25) is 5.91 Å². The van der Waals surface area contributed by atoms with Crippen LogP contribution in [0.2, 0.25) is 0 Å². The van der Waals surface area contributed by atoms with Crippen LogP contribution >= 0.6 is 0 Å². The summed E-state index contributed by atoms with van der Waals surface area (Å²) in [6, 6.07) is 16.0. The Morgan fingerprint density at radius 3 is 2.32 bits per heavy atom. The van der Waals surface area contributed by atoms with E-state index < -0.39 is 12.0 Å². The maximum atomic E-state index is 12.2. The molecule has 2 rings (SSSR count). The van der Waals surface area contributed by atoms with Crippen LogP contribution in [0.25, 0.3) is 0 Å². The summed E-state index contributed by atoms with van der Waals surface area (Å²) < 4.78 is 4.79. The van der Waals surface area contributed by atoms with Crippen LogP contribution in [0.5, 0.6) is 0 Å². The summed E-state index contributed by atoms with van der Waals surface area (Å²) in [7, 11) is 1.30. The van der Waals surface area contributed by atoms with Gasteiger partial charge in [0.15, 0.2) is 0 Å². The Kier molecular flexibility index (Phi) is 8.21. The highest BCUT2D eigenvalue weighted by Crippen LogP contribution is 2.06. The molecule has 2 amide bonds. The Morgan fingerprint density at radius 1 is 1.00 bits per heavy atom. The number of hydrogen-bond acceptors (Lipinski definition) is 4. The van der Waals surface area contributed by atoms with Crippen LogP contribution in [0.3, 0.4) is 0 Å². The second-order valence-corrected chi connectivity index (χ2v) is 6.56. The third-order valence-corrected chi connectivity index (χ3v) is 4.28. The van der Waals surface area contributed by atoms with Gasteiger partial charge in [-0.3, -0.25) is 9.59 Å². The number of benzene rings is 2. The van der Waals surface area contributed by atoms with Crippen molar-refractivity contribution in [3.05, 3.63) is 71.3 Å². The zero-order valence-electron chi connectivity index (χ0n) is 16.2. The largest absolute Gasteiger partial charge is 0.467 e. The first-order chi connectivity index (χ1) is 13.5. The SMILES string of the molecule is COC(=O)[C@@H](Cc1ccccc1)NC(=O)CCCNC(=O)c1ccc(C)cc1. The van der Waals surface area contributed by atoms with E-state index in [-0.39, 0.29) is 18.2 Å². The minimum Gasteiger partial charge on any atom is -0.467 e. The molecule has 0 unspecified atom stereocenters. The molecule has 0 fully saturated rings. The molecular weight excluding hydrogens is 356 g/mol. The fourth-order valence-electron chi connectivity index (χ4n) is 2.71. The van der Waals surface area contributed by atoms with Crippen molar-refractivity contribution >= 4 is 17.8 Å². The zero-order chi connectivity index (χ0) is 20.4. The lowest BCUT2D eigenvalue weighted by atomic mass is 10.1. The molecule has 2 N–H and O–H groups in total. The van der Waals surface area contributed by atoms with Gasteiger partial charge in [0.1, 0.15) is 6.04 Å². The monoisotopic (exact) mass is 382 g/mol. The molecule has 0 aliphatic carbocycles. The average Bonchev–Trinajstić information content (AvgIpc) is 2.71. The van der Waals surface area contributed by atoms with Crippen LogP contribution in [-0.4, -0.2) is 37.5 Å². The summed E-state index contributed by atoms with van der Waals surface area (Å²) in [5.41, 5.74) is 2.61. The highest BCUT2D eigenvalue weighted by molar-refractivity contribution is 5.94. The normalized spacial score (nSPS) is 11.4. The van der Waals surface area contributed by atoms with E-state index in [0.29, 0.717) is 24.9 Å². The van der Waals surface area contributed by atoms with Crippen molar-refractivity contribution in [1.29, 1.82) is 0 Å². The first-order valence-electron chi connectivity index (χ1n) is 9.25. The summed E-state index contributed by atoms with van der Waals surface area (Å²) in [5, 5.41) is 5.51. The van der Waals surface area contributed by atoms with Gasteiger partial charge < -0.3 is 15.4 Å². The topological polar surface area (TPSA) is 84.5 Å². The van der Waals surface area contributed by atoms with Crippen molar-refractivity contribution in [3.63, 3.8) is 0 Å². The van der Waals surface area contributed by atoms with Crippen LogP contribution in [0.15, 0.2) is 54.6 Å². The van der Waals surface area contributed by atoms with Crippen LogP contribution < -0.4 is 10.6 Å². The van der Waals surface area contributed by atoms with Crippen LogP contribution in [0.1, 0.15) is 34.3 Å². The van der Waals surface area contributed by atoms with Gasteiger partial charge in [0.25, 0.3) is 5.91 Å². The van der Waals surface area contributed by atoms with E-state index in [1.807, 2.05) is 49.4 Å². The summed E-state index contributed by atoms with van der Waals surface area (Å²) in [6.07, 6.45) is 1.04. The standard InChI is InChI=1S/C22H26N2O4/c1-16-10-12-18(13-11-16)21(26)23-14-6-9-20(25)24-19(22(27)28-2)15-17-7-4-3-5-8-17/h3-5,7-8,10-13,19H,6,9,14-15H2,1-2H3,(H,23,26)(H,24,25)/t19-/m1/s1. The van der Waals surface area contributed by atoms with Crippen molar-refractivity contribution in [2.75, 3.05) is 13.7 Å². The molecule has 0 spiro atoms.